The molecule has 0 spiro atoms. The van der Waals surface area contributed by atoms with Crippen molar-refractivity contribution in [2.24, 2.45) is 0 Å². The molecule has 2 atom stereocenters. The third-order valence-corrected chi connectivity index (χ3v) is 5.04. The smallest absolute Gasteiger partial charge is 0.101 e. The summed E-state index contributed by atoms with van der Waals surface area (Å²) in [6.45, 7) is 8.96. The summed E-state index contributed by atoms with van der Waals surface area (Å²) in [7, 11) is -0.956. The molecule has 0 amide bonds. The van der Waals surface area contributed by atoms with Crippen molar-refractivity contribution in [2.75, 3.05) is 6.54 Å². The molecule has 0 N–H and O–H groups in total. The highest BCUT2D eigenvalue weighted by molar-refractivity contribution is 7.84. The fourth-order valence-electron chi connectivity index (χ4n) is 2.14. The van der Waals surface area contributed by atoms with Crippen molar-refractivity contribution in [1.29, 1.82) is 0 Å². The molecule has 3 heteroatoms. The fraction of sp³-hybridized carbons (Fsp3) is 0.467. The van der Waals surface area contributed by atoms with E-state index < -0.39 is 11.0 Å². The van der Waals surface area contributed by atoms with Crippen molar-refractivity contribution in [1.82, 2.24) is 4.31 Å². The van der Waals surface area contributed by atoms with Crippen molar-refractivity contribution in [3.8, 4) is 0 Å². The van der Waals surface area contributed by atoms with Crippen molar-refractivity contribution < 1.29 is 4.21 Å². The number of hydrogen-bond donors (Lipinski definition) is 0. The second-order valence-corrected chi connectivity index (χ2v) is 7.93. The van der Waals surface area contributed by atoms with Gasteiger partial charge < -0.3 is 0 Å². The van der Waals surface area contributed by atoms with Gasteiger partial charge in [-0.05, 0) is 38.8 Å². The Morgan fingerprint density at radius 1 is 1.22 bits per heavy atom. The average Bonchev–Trinajstić information content (AvgIpc) is 2.70. The zero-order chi connectivity index (χ0) is 13.3. The van der Waals surface area contributed by atoms with E-state index in [1.807, 2.05) is 39.0 Å². The molecule has 0 aromatic heterocycles. The lowest BCUT2D eigenvalue weighted by Gasteiger charge is -2.28. The topological polar surface area (TPSA) is 20.3 Å². The highest BCUT2D eigenvalue weighted by atomic mass is 32.2. The van der Waals surface area contributed by atoms with Crippen molar-refractivity contribution in [2.45, 2.75) is 38.5 Å². The quantitative estimate of drug-likeness (QED) is 0.802. The maximum absolute atomic E-state index is 12.5. The van der Waals surface area contributed by atoms with E-state index in [1.54, 1.807) is 0 Å². The first kappa shape index (κ1) is 13.5. The maximum atomic E-state index is 12.5. The monoisotopic (exact) mass is 263 g/mol. The van der Waals surface area contributed by atoms with Gasteiger partial charge in [-0.3, -0.25) is 0 Å². The first-order chi connectivity index (χ1) is 8.39. The predicted molar refractivity (Wildman–Crippen MR) is 78.5 cm³/mol. The minimum Gasteiger partial charge on any atom is -0.242 e. The van der Waals surface area contributed by atoms with Gasteiger partial charge in [-0.15, -0.1) is 0 Å². The van der Waals surface area contributed by atoms with E-state index in [0.717, 1.165) is 6.54 Å². The molecular formula is C15H21NOS. The molecule has 1 aliphatic heterocycles. The second kappa shape index (κ2) is 4.98. The van der Waals surface area contributed by atoms with Crippen LogP contribution in [-0.4, -0.2) is 25.8 Å². The van der Waals surface area contributed by atoms with E-state index in [4.69, 9.17) is 0 Å². The van der Waals surface area contributed by atoms with Gasteiger partial charge in [0.05, 0.1) is 4.75 Å². The van der Waals surface area contributed by atoms with Crippen LogP contribution in [0.15, 0.2) is 36.4 Å². The normalized spacial score (nSPS) is 22.9. The lowest BCUT2D eigenvalue weighted by molar-refractivity contribution is 0.454. The first-order valence-corrected chi connectivity index (χ1v) is 7.45. The van der Waals surface area contributed by atoms with Crippen LogP contribution in [0.2, 0.25) is 0 Å². The Labute approximate surface area is 112 Å². The Balaban J connectivity index is 2.18. The highest BCUT2D eigenvalue weighted by Gasteiger charge is 2.32. The molecule has 1 aromatic rings. The van der Waals surface area contributed by atoms with Gasteiger partial charge in [0.1, 0.15) is 11.0 Å². The van der Waals surface area contributed by atoms with Crippen molar-refractivity contribution in [3.05, 3.63) is 42.0 Å². The van der Waals surface area contributed by atoms with Crippen LogP contribution in [-0.2, 0) is 11.0 Å². The number of nitrogens with zero attached hydrogens (tertiary/aromatic N) is 1. The zero-order valence-corrected chi connectivity index (χ0v) is 12.3. The van der Waals surface area contributed by atoms with Crippen LogP contribution >= 0.6 is 0 Å². The molecule has 0 aliphatic carbocycles. The van der Waals surface area contributed by atoms with Crippen LogP contribution in [0.3, 0.4) is 0 Å². The van der Waals surface area contributed by atoms with Crippen LogP contribution in [0.1, 0.15) is 33.3 Å². The molecule has 1 unspecified atom stereocenters. The zero-order valence-electron chi connectivity index (χ0n) is 11.5. The summed E-state index contributed by atoms with van der Waals surface area (Å²) in [5.74, 6) is 0. The van der Waals surface area contributed by atoms with Gasteiger partial charge in [0, 0.05) is 12.6 Å². The second-order valence-electron chi connectivity index (χ2n) is 5.74. The first-order valence-electron chi connectivity index (χ1n) is 6.34. The minimum absolute atomic E-state index is 0.200. The lowest BCUT2D eigenvalue weighted by Crippen LogP contribution is -2.39. The summed E-state index contributed by atoms with van der Waals surface area (Å²) in [5.41, 5.74) is 2.51. The van der Waals surface area contributed by atoms with Crippen molar-refractivity contribution >= 4 is 16.6 Å². The lowest BCUT2D eigenvalue weighted by atomic mass is 10.1. The molecule has 0 bridgehead atoms. The van der Waals surface area contributed by atoms with E-state index in [-0.39, 0.29) is 10.8 Å². The summed E-state index contributed by atoms with van der Waals surface area (Å²) < 4.78 is 14.3. The molecule has 1 aliphatic rings. The maximum Gasteiger partial charge on any atom is 0.101 e. The molecule has 2 nitrogen and oxygen atoms in total. The fourth-order valence-corrected chi connectivity index (χ4v) is 3.46. The van der Waals surface area contributed by atoms with Crippen LogP contribution in [0.5, 0.6) is 0 Å². The van der Waals surface area contributed by atoms with Gasteiger partial charge in [0.25, 0.3) is 0 Å². The van der Waals surface area contributed by atoms with E-state index >= 15 is 0 Å². The van der Waals surface area contributed by atoms with E-state index in [9.17, 15) is 4.21 Å². The molecule has 1 aromatic carbocycles. The summed E-state index contributed by atoms with van der Waals surface area (Å²) in [4.78, 5) is 0. The van der Waals surface area contributed by atoms with Gasteiger partial charge in [-0.2, -0.15) is 0 Å². The largest absolute Gasteiger partial charge is 0.242 e. The molecule has 0 saturated carbocycles. The van der Waals surface area contributed by atoms with Crippen molar-refractivity contribution in [3.63, 3.8) is 0 Å². The predicted octanol–water partition coefficient (Wildman–Crippen LogP) is 3.24. The van der Waals surface area contributed by atoms with Crippen LogP contribution < -0.4 is 0 Å². The number of benzene rings is 1. The Hall–Kier alpha value is -0.930. The van der Waals surface area contributed by atoms with Gasteiger partial charge in [0.15, 0.2) is 0 Å². The molecule has 0 radical (unpaired) electrons. The van der Waals surface area contributed by atoms with Gasteiger partial charge in [-0.1, -0.05) is 36.4 Å². The standard InChI is InChI=1S/C15H21NOS/c1-12-10-14(13-8-6-5-7-9-13)11-16(12)18(17)15(2,3)4/h5-10,12H,11H2,1-4H3/t12?,18-/m0/s1. The average molecular weight is 263 g/mol. The molecular weight excluding hydrogens is 242 g/mol. The Kier molecular flexibility index (Phi) is 3.74. The summed E-state index contributed by atoms with van der Waals surface area (Å²) >= 11 is 0. The summed E-state index contributed by atoms with van der Waals surface area (Å²) in [5, 5.41) is 0. The van der Waals surface area contributed by atoms with Crippen LogP contribution in [0.4, 0.5) is 0 Å². The molecule has 98 valence electrons. The van der Waals surface area contributed by atoms with E-state index in [2.05, 4.69) is 29.4 Å². The number of rotatable bonds is 2. The molecule has 1 heterocycles. The third kappa shape index (κ3) is 2.73. The third-order valence-electron chi connectivity index (χ3n) is 3.10. The Bertz CT molecular complexity index is 473. The van der Waals surface area contributed by atoms with E-state index in [0.29, 0.717) is 0 Å². The summed E-state index contributed by atoms with van der Waals surface area (Å²) in [6, 6.07) is 10.6. The molecule has 0 saturated heterocycles. The van der Waals surface area contributed by atoms with Gasteiger partial charge in [0.2, 0.25) is 0 Å². The number of hydrogen-bond acceptors (Lipinski definition) is 1. The van der Waals surface area contributed by atoms with Gasteiger partial charge in [-0.25, -0.2) is 8.51 Å². The van der Waals surface area contributed by atoms with Crippen LogP contribution in [0.25, 0.3) is 5.57 Å². The summed E-state index contributed by atoms with van der Waals surface area (Å²) in [6.07, 6.45) is 2.22. The van der Waals surface area contributed by atoms with Gasteiger partial charge >= 0.3 is 0 Å². The minimum atomic E-state index is -0.956. The molecule has 18 heavy (non-hydrogen) atoms. The Morgan fingerprint density at radius 2 is 1.83 bits per heavy atom. The highest BCUT2D eigenvalue weighted by Crippen LogP contribution is 2.29. The van der Waals surface area contributed by atoms with E-state index in [1.165, 1.54) is 11.1 Å². The molecule has 0 fully saturated rings. The molecule has 2 rings (SSSR count). The SMILES string of the molecule is CC1C=C(c2ccccc2)CN1[S@@](=O)C(C)(C)C. The van der Waals surface area contributed by atoms with Crippen LogP contribution in [0, 0.1) is 0 Å². The Morgan fingerprint density at radius 3 is 2.39 bits per heavy atom.